The summed E-state index contributed by atoms with van der Waals surface area (Å²) >= 11 is 1.32. The molecule has 0 spiro atoms. The monoisotopic (exact) mass is 488 g/mol. The number of halogens is 3. The average Bonchev–Trinajstić information content (AvgIpc) is 2.68. The van der Waals surface area contributed by atoms with E-state index in [1.54, 1.807) is 13.0 Å². The summed E-state index contributed by atoms with van der Waals surface area (Å²) in [5.74, 6) is -2.74. The minimum absolute atomic E-state index is 0.0278. The first-order valence-corrected chi connectivity index (χ1v) is 11.9. The summed E-state index contributed by atoms with van der Waals surface area (Å²) in [6.07, 6.45) is -4.83. The SMILES string of the molecule is C[C@H](CS(=O)(=O)c1ccc2c(c1)NC(=O)[C@H](C)S2)C(=O)Nc1ccc(OC(F)(F)F)cc1. The Bertz CT molecular complexity index is 1130. The first kappa shape index (κ1) is 23.9. The van der Waals surface area contributed by atoms with Crippen LogP contribution in [0.15, 0.2) is 52.3 Å². The molecule has 2 atom stereocenters. The molecule has 0 fully saturated rings. The van der Waals surface area contributed by atoms with Gasteiger partial charge in [0.15, 0.2) is 9.84 Å². The number of fused-ring (bicyclic) bond motifs is 1. The lowest BCUT2D eigenvalue weighted by molar-refractivity contribution is -0.274. The van der Waals surface area contributed by atoms with E-state index in [-0.39, 0.29) is 21.7 Å². The molecule has 0 radical (unpaired) electrons. The van der Waals surface area contributed by atoms with Crippen LogP contribution in [-0.4, -0.2) is 37.6 Å². The summed E-state index contributed by atoms with van der Waals surface area (Å²) in [4.78, 5) is 25.0. The normalized spacial score (nSPS) is 17.2. The molecule has 2 aromatic rings. The number of carbonyl (C=O) groups is 2. The number of anilines is 2. The van der Waals surface area contributed by atoms with E-state index >= 15 is 0 Å². The van der Waals surface area contributed by atoms with E-state index in [1.807, 2.05) is 0 Å². The quantitative estimate of drug-likeness (QED) is 0.636. The Hall–Kier alpha value is -2.73. The Kier molecular flexibility index (Phi) is 6.75. The number of benzene rings is 2. The number of sulfone groups is 1. The second kappa shape index (κ2) is 9.02. The van der Waals surface area contributed by atoms with E-state index in [0.717, 1.165) is 17.0 Å². The number of hydrogen-bond donors (Lipinski definition) is 2. The number of rotatable bonds is 6. The molecular weight excluding hydrogens is 469 g/mol. The van der Waals surface area contributed by atoms with Gasteiger partial charge >= 0.3 is 6.36 Å². The zero-order valence-corrected chi connectivity index (χ0v) is 18.5. The van der Waals surface area contributed by atoms with Gasteiger partial charge in [-0.05, 0) is 49.4 Å². The maximum atomic E-state index is 12.8. The summed E-state index contributed by atoms with van der Waals surface area (Å²) in [5.41, 5.74) is 0.592. The van der Waals surface area contributed by atoms with Crippen molar-refractivity contribution in [3.05, 3.63) is 42.5 Å². The molecule has 32 heavy (non-hydrogen) atoms. The van der Waals surface area contributed by atoms with E-state index in [4.69, 9.17) is 0 Å². The molecule has 0 saturated heterocycles. The predicted molar refractivity (Wildman–Crippen MR) is 113 cm³/mol. The van der Waals surface area contributed by atoms with Crippen LogP contribution in [0.25, 0.3) is 0 Å². The van der Waals surface area contributed by atoms with Crippen LogP contribution >= 0.6 is 11.8 Å². The minimum Gasteiger partial charge on any atom is -0.406 e. The van der Waals surface area contributed by atoms with Gasteiger partial charge in [0.1, 0.15) is 5.75 Å². The van der Waals surface area contributed by atoms with Crippen LogP contribution in [0.2, 0.25) is 0 Å². The lowest BCUT2D eigenvalue weighted by atomic mass is 10.2. The molecule has 2 N–H and O–H groups in total. The van der Waals surface area contributed by atoms with E-state index in [0.29, 0.717) is 5.69 Å². The maximum Gasteiger partial charge on any atom is 0.573 e. The van der Waals surface area contributed by atoms with Crippen LogP contribution in [0.4, 0.5) is 24.5 Å². The second-order valence-corrected chi connectivity index (χ2v) is 10.6. The van der Waals surface area contributed by atoms with Gasteiger partial charge in [-0.15, -0.1) is 24.9 Å². The number of thioether (sulfide) groups is 1. The Morgan fingerprint density at radius 2 is 1.88 bits per heavy atom. The minimum atomic E-state index is -4.83. The number of alkyl halides is 3. The van der Waals surface area contributed by atoms with Crippen molar-refractivity contribution in [2.45, 2.75) is 35.3 Å². The Balaban J connectivity index is 1.65. The van der Waals surface area contributed by atoms with Crippen LogP contribution in [0.1, 0.15) is 13.8 Å². The smallest absolute Gasteiger partial charge is 0.406 e. The fourth-order valence-electron chi connectivity index (χ4n) is 2.89. The van der Waals surface area contributed by atoms with Gasteiger partial charge in [0.2, 0.25) is 11.8 Å². The Labute approximate surface area is 186 Å². The highest BCUT2D eigenvalue weighted by atomic mass is 32.2. The molecule has 172 valence electrons. The zero-order chi connectivity index (χ0) is 23.7. The number of carbonyl (C=O) groups excluding carboxylic acids is 2. The molecule has 12 heteroatoms. The summed E-state index contributed by atoms with van der Waals surface area (Å²) in [5, 5.41) is 4.84. The zero-order valence-electron chi connectivity index (χ0n) is 16.9. The predicted octanol–water partition coefficient (Wildman–Crippen LogP) is 4.07. The van der Waals surface area contributed by atoms with E-state index < -0.39 is 39.5 Å². The average molecular weight is 489 g/mol. The molecule has 0 saturated carbocycles. The second-order valence-electron chi connectivity index (χ2n) is 7.15. The summed E-state index contributed by atoms with van der Waals surface area (Å²) in [6.45, 7) is 3.16. The first-order chi connectivity index (χ1) is 14.8. The molecule has 0 unspecified atom stereocenters. The van der Waals surface area contributed by atoms with E-state index in [9.17, 15) is 31.2 Å². The molecule has 7 nitrogen and oxygen atoms in total. The highest BCUT2D eigenvalue weighted by Gasteiger charge is 2.31. The molecule has 2 aromatic carbocycles. The van der Waals surface area contributed by atoms with Crippen molar-refractivity contribution in [2.24, 2.45) is 5.92 Å². The molecule has 1 aliphatic rings. The number of nitrogens with one attached hydrogen (secondary N) is 2. The van der Waals surface area contributed by atoms with Crippen LogP contribution < -0.4 is 15.4 Å². The third-order valence-corrected chi connectivity index (χ3v) is 7.60. The third-order valence-electron chi connectivity index (χ3n) is 4.51. The van der Waals surface area contributed by atoms with Crippen molar-refractivity contribution < 1.29 is 35.9 Å². The van der Waals surface area contributed by atoms with Crippen molar-refractivity contribution in [1.82, 2.24) is 0 Å². The van der Waals surface area contributed by atoms with Crippen LogP contribution in [0.5, 0.6) is 5.75 Å². The molecule has 0 bridgehead atoms. The van der Waals surface area contributed by atoms with Gasteiger partial charge in [-0.1, -0.05) is 6.92 Å². The van der Waals surface area contributed by atoms with Gasteiger partial charge < -0.3 is 15.4 Å². The summed E-state index contributed by atoms with van der Waals surface area (Å²) < 4.78 is 66.0. The third kappa shape index (κ3) is 5.94. The molecular formula is C20H19F3N2O5S2. The molecule has 2 amide bonds. The molecule has 3 rings (SSSR count). The maximum absolute atomic E-state index is 12.8. The van der Waals surface area contributed by atoms with Crippen molar-refractivity contribution in [3.63, 3.8) is 0 Å². The van der Waals surface area contributed by atoms with E-state index in [1.165, 1.54) is 43.0 Å². The Morgan fingerprint density at radius 1 is 1.22 bits per heavy atom. The van der Waals surface area contributed by atoms with Crippen LogP contribution in [0, 0.1) is 5.92 Å². The van der Waals surface area contributed by atoms with Gasteiger partial charge in [-0.3, -0.25) is 9.59 Å². The lowest BCUT2D eigenvalue weighted by Crippen LogP contribution is -2.28. The molecule has 0 aliphatic carbocycles. The van der Waals surface area contributed by atoms with E-state index in [2.05, 4.69) is 15.4 Å². The molecule has 1 aliphatic heterocycles. The summed E-state index contributed by atoms with van der Waals surface area (Å²) in [7, 11) is -3.85. The Morgan fingerprint density at radius 3 is 2.50 bits per heavy atom. The number of amides is 2. The van der Waals surface area contributed by atoms with Crippen LogP contribution in [-0.2, 0) is 19.4 Å². The molecule has 1 heterocycles. The van der Waals surface area contributed by atoms with Gasteiger partial charge in [-0.25, -0.2) is 8.42 Å². The fraction of sp³-hybridized carbons (Fsp3) is 0.300. The number of hydrogen-bond acceptors (Lipinski definition) is 6. The summed E-state index contributed by atoms with van der Waals surface area (Å²) in [6, 6.07) is 8.89. The van der Waals surface area contributed by atoms with Gasteiger partial charge in [0.05, 0.1) is 21.6 Å². The largest absolute Gasteiger partial charge is 0.573 e. The van der Waals surface area contributed by atoms with Gasteiger partial charge in [-0.2, -0.15) is 0 Å². The highest BCUT2D eigenvalue weighted by molar-refractivity contribution is 8.01. The van der Waals surface area contributed by atoms with Crippen molar-refractivity contribution >= 4 is 44.8 Å². The standard InChI is InChI=1S/C20H19F3N2O5S2/c1-11(18(26)24-13-3-5-14(6-4-13)30-20(21,22)23)10-32(28,29)15-7-8-17-16(9-15)25-19(27)12(2)31-17/h3-9,11-12H,10H2,1-2H3,(H,24,26)(H,25,27)/t11-,12+/m1/s1. The van der Waals surface area contributed by atoms with Gasteiger partial charge in [0, 0.05) is 16.5 Å². The van der Waals surface area contributed by atoms with Crippen LogP contribution in [0.3, 0.4) is 0 Å². The first-order valence-electron chi connectivity index (χ1n) is 9.35. The fourth-order valence-corrected chi connectivity index (χ4v) is 5.39. The number of ether oxygens (including phenoxy) is 1. The lowest BCUT2D eigenvalue weighted by Gasteiger charge is -2.22. The van der Waals surface area contributed by atoms with Crippen molar-refractivity contribution in [1.29, 1.82) is 0 Å². The van der Waals surface area contributed by atoms with Crippen molar-refractivity contribution in [2.75, 3.05) is 16.4 Å². The van der Waals surface area contributed by atoms with Crippen molar-refractivity contribution in [3.8, 4) is 5.75 Å². The highest BCUT2D eigenvalue weighted by Crippen LogP contribution is 2.37. The topological polar surface area (TPSA) is 102 Å². The van der Waals surface area contributed by atoms with Gasteiger partial charge in [0.25, 0.3) is 0 Å². The molecule has 0 aromatic heterocycles.